The van der Waals surface area contributed by atoms with E-state index in [0.29, 0.717) is 6.04 Å². The van der Waals surface area contributed by atoms with Crippen molar-refractivity contribution < 1.29 is 0 Å². The zero-order valence-corrected chi connectivity index (χ0v) is 11.5. The highest BCUT2D eigenvalue weighted by molar-refractivity contribution is 5.52. The normalized spacial score (nSPS) is 12.5. The van der Waals surface area contributed by atoms with Gasteiger partial charge in [-0.25, -0.2) is 0 Å². The molecule has 1 aromatic rings. The Morgan fingerprint density at radius 2 is 2.12 bits per heavy atom. The van der Waals surface area contributed by atoms with Gasteiger partial charge in [-0.1, -0.05) is 13.8 Å². The molecule has 1 unspecified atom stereocenters. The molecule has 0 bridgehead atoms. The summed E-state index contributed by atoms with van der Waals surface area (Å²) in [5.41, 5.74) is 2.61. The van der Waals surface area contributed by atoms with Crippen LogP contribution in [0.3, 0.4) is 0 Å². The van der Waals surface area contributed by atoms with Gasteiger partial charge in [-0.3, -0.25) is 4.98 Å². The fraction of sp³-hybridized carbons (Fsp3) is 0.643. The Balaban J connectivity index is 2.93. The van der Waals surface area contributed by atoms with E-state index < -0.39 is 0 Å². The summed E-state index contributed by atoms with van der Waals surface area (Å²) in [6.07, 6.45) is 5.02. The first-order chi connectivity index (χ1) is 8.24. The van der Waals surface area contributed by atoms with Crippen LogP contribution in [0.4, 0.5) is 5.69 Å². The molecular weight excluding hydrogens is 210 g/mol. The molecular formula is C14H25N3. The number of nitrogens with zero attached hydrogens (tertiary/aromatic N) is 2. The third-order valence-electron chi connectivity index (χ3n) is 3.22. The van der Waals surface area contributed by atoms with E-state index in [2.05, 4.69) is 49.0 Å². The summed E-state index contributed by atoms with van der Waals surface area (Å²) in [5, 5.41) is 3.37. The van der Waals surface area contributed by atoms with Gasteiger partial charge in [0.05, 0.1) is 0 Å². The Morgan fingerprint density at radius 3 is 2.71 bits per heavy atom. The molecule has 0 saturated carbocycles. The van der Waals surface area contributed by atoms with E-state index in [1.165, 1.54) is 11.3 Å². The minimum Gasteiger partial charge on any atom is -0.369 e. The summed E-state index contributed by atoms with van der Waals surface area (Å²) in [4.78, 5) is 6.69. The van der Waals surface area contributed by atoms with Crippen molar-refractivity contribution in [2.45, 2.75) is 46.7 Å². The number of aromatic nitrogens is 1. The highest BCUT2D eigenvalue weighted by Crippen LogP contribution is 2.22. The van der Waals surface area contributed by atoms with Crippen LogP contribution in [0.1, 0.15) is 39.7 Å². The molecule has 0 aliphatic rings. The minimum atomic E-state index is 0.572. The van der Waals surface area contributed by atoms with Gasteiger partial charge in [-0.2, -0.15) is 0 Å². The molecule has 0 radical (unpaired) electrons. The molecule has 0 aromatic carbocycles. The van der Waals surface area contributed by atoms with E-state index in [1.54, 1.807) is 0 Å². The van der Waals surface area contributed by atoms with Gasteiger partial charge >= 0.3 is 0 Å². The SMILES string of the molecule is CCNCc1cnccc1N(CC)C(C)CC. The first-order valence-electron chi connectivity index (χ1n) is 6.64. The lowest BCUT2D eigenvalue weighted by molar-refractivity contribution is 0.623. The molecule has 0 saturated heterocycles. The van der Waals surface area contributed by atoms with Gasteiger partial charge in [-0.05, 0) is 32.9 Å². The van der Waals surface area contributed by atoms with Crippen molar-refractivity contribution in [3.8, 4) is 0 Å². The Hall–Kier alpha value is -1.09. The summed E-state index contributed by atoms with van der Waals surface area (Å²) in [6.45, 7) is 11.8. The molecule has 1 atom stereocenters. The summed E-state index contributed by atoms with van der Waals surface area (Å²) in [6, 6.07) is 2.70. The van der Waals surface area contributed by atoms with Crippen molar-refractivity contribution in [1.82, 2.24) is 10.3 Å². The average Bonchev–Trinajstić information content (AvgIpc) is 2.38. The molecule has 1 heterocycles. The van der Waals surface area contributed by atoms with E-state index >= 15 is 0 Å². The predicted octanol–water partition coefficient (Wildman–Crippen LogP) is 2.82. The van der Waals surface area contributed by atoms with Crippen molar-refractivity contribution in [2.24, 2.45) is 0 Å². The Morgan fingerprint density at radius 1 is 1.35 bits per heavy atom. The van der Waals surface area contributed by atoms with Crippen LogP contribution < -0.4 is 10.2 Å². The van der Waals surface area contributed by atoms with Gasteiger partial charge in [0, 0.05) is 42.8 Å². The maximum Gasteiger partial charge on any atom is 0.0445 e. The standard InChI is InChI=1S/C14H25N3/c1-5-12(4)17(7-3)14-8-9-16-11-13(14)10-15-6-2/h8-9,11-12,15H,5-7,10H2,1-4H3. The molecule has 1 rings (SSSR count). The quantitative estimate of drug-likeness (QED) is 0.787. The Kier molecular flexibility index (Phi) is 5.98. The van der Waals surface area contributed by atoms with E-state index in [4.69, 9.17) is 0 Å². The lowest BCUT2D eigenvalue weighted by Gasteiger charge is -2.31. The van der Waals surface area contributed by atoms with Crippen LogP contribution in [-0.4, -0.2) is 24.1 Å². The molecule has 0 fully saturated rings. The molecule has 0 amide bonds. The van der Waals surface area contributed by atoms with E-state index in [-0.39, 0.29) is 0 Å². The molecule has 0 spiro atoms. The van der Waals surface area contributed by atoms with Crippen LogP contribution in [0, 0.1) is 0 Å². The topological polar surface area (TPSA) is 28.2 Å². The molecule has 17 heavy (non-hydrogen) atoms. The van der Waals surface area contributed by atoms with E-state index in [1.807, 2.05) is 12.4 Å². The Bertz CT molecular complexity index is 325. The molecule has 0 aliphatic carbocycles. The predicted molar refractivity (Wildman–Crippen MR) is 74.4 cm³/mol. The number of rotatable bonds is 7. The molecule has 3 nitrogen and oxygen atoms in total. The van der Waals surface area contributed by atoms with Gasteiger partial charge in [0.2, 0.25) is 0 Å². The highest BCUT2D eigenvalue weighted by Gasteiger charge is 2.14. The molecule has 96 valence electrons. The fourth-order valence-corrected chi connectivity index (χ4v) is 2.04. The van der Waals surface area contributed by atoms with Gasteiger partial charge in [-0.15, -0.1) is 0 Å². The fourth-order valence-electron chi connectivity index (χ4n) is 2.04. The monoisotopic (exact) mass is 235 g/mol. The van der Waals surface area contributed by atoms with Crippen LogP contribution in [0.15, 0.2) is 18.5 Å². The molecule has 3 heteroatoms. The first-order valence-corrected chi connectivity index (χ1v) is 6.64. The van der Waals surface area contributed by atoms with Gasteiger partial charge in [0.25, 0.3) is 0 Å². The third-order valence-corrected chi connectivity index (χ3v) is 3.22. The molecule has 0 aliphatic heterocycles. The second kappa shape index (κ2) is 7.28. The lowest BCUT2D eigenvalue weighted by Crippen LogP contribution is -2.33. The smallest absolute Gasteiger partial charge is 0.0445 e. The maximum absolute atomic E-state index is 4.23. The number of nitrogens with one attached hydrogen (secondary N) is 1. The van der Waals surface area contributed by atoms with Gasteiger partial charge in [0.1, 0.15) is 0 Å². The largest absolute Gasteiger partial charge is 0.369 e. The van der Waals surface area contributed by atoms with Crippen molar-refractivity contribution in [3.63, 3.8) is 0 Å². The number of pyridine rings is 1. The van der Waals surface area contributed by atoms with Gasteiger partial charge in [0.15, 0.2) is 0 Å². The van der Waals surface area contributed by atoms with Crippen molar-refractivity contribution in [2.75, 3.05) is 18.0 Å². The van der Waals surface area contributed by atoms with Crippen molar-refractivity contribution in [3.05, 3.63) is 24.0 Å². The minimum absolute atomic E-state index is 0.572. The lowest BCUT2D eigenvalue weighted by atomic mass is 10.1. The van der Waals surface area contributed by atoms with Crippen LogP contribution in [0.5, 0.6) is 0 Å². The average molecular weight is 235 g/mol. The summed E-state index contributed by atoms with van der Waals surface area (Å²) in [5.74, 6) is 0. The summed E-state index contributed by atoms with van der Waals surface area (Å²) >= 11 is 0. The number of anilines is 1. The second-order valence-corrected chi connectivity index (χ2v) is 4.33. The van der Waals surface area contributed by atoms with Crippen molar-refractivity contribution in [1.29, 1.82) is 0 Å². The number of hydrogen-bond donors (Lipinski definition) is 1. The van der Waals surface area contributed by atoms with E-state index in [9.17, 15) is 0 Å². The van der Waals surface area contributed by atoms with Crippen LogP contribution in [0.25, 0.3) is 0 Å². The first kappa shape index (κ1) is 14.0. The maximum atomic E-state index is 4.23. The van der Waals surface area contributed by atoms with Gasteiger partial charge < -0.3 is 10.2 Å². The second-order valence-electron chi connectivity index (χ2n) is 4.33. The summed E-state index contributed by atoms with van der Waals surface area (Å²) < 4.78 is 0. The summed E-state index contributed by atoms with van der Waals surface area (Å²) in [7, 11) is 0. The van der Waals surface area contributed by atoms with Crippen molar-refractivity contribution >= 4 is 5.69 Å². The number of hydrogen-bond acceptors (Lipinski definition) is 3. The van der Waals surface area contributed by atoms with Crippen LogP contribution in [0.2, 0.25) is 0 Å². The van der Waals surface area contributed by atoms with Crippen LogP contribution in [-0.2, 0) is 6.54 Å². The zero-order valence-electron chi connectivity index (χ0n) is 11.5. The zero-order chi connectivity index (χ0) is 12.7. The third kappa shape index (κ3) is 3.70. The highest BCUT2D eigenvalue weighted by atomic mass is 15.2. The van der Waals surface area contributed by atoms with E-state index in [0.717, 1.165) is 26.1 Å². The molecule has 1 aromatic heterocycles. The van der Waals surface area contributed by atoms with Crippen LogP contribution >= 0.6 is 0 Å². The molecule has 1 N–H and O–H groups in total. The Labute approximate surface area is 105 Å².